The summed E-state index contributed by atoms with van der Waals surface area (Å²) < 4.78 is 25.5. The maximum absolute atomic E-state index is 12.1. The summed E-state index contributed by atoms with van der Waals surface area (Å²) in [6.45, 7) is 0.524. The molecule has 1 aliphatic heterocycles. The van der Waals surface area contributed by atoms with Crippen LogP contribution in [0.1, 0.15) is 12.8 Å². The first kappa shape index (κ1) is 12.2. The summed E-state index contributed by atoms with van der Waals surface area (Å²) in [7, 11) is -3.62. The molecule has 0 amide bonds. The van der Waals surface area contributed by atoms with Crippen molar-refractivity contribution in [2.75, 3.05) is 18.8 Å². The molecule has 1 aromatic heterocycles. The van der Waals surface area contributed by atoms with Gasteiger partial charge in [-0.2, -0.15) is 4.31 Å². The molecule has 1 unspecified atom stereocenters. The van der Waals surface area contributed by atoms with Crippen LogP contribution in [0.3, 0.4) is 0 Å². The van der Waals surface area contributed by atoms with E-state index in [1.165, 1.54) is 16.7 Å². The summed E-state index contributed by atoms with van der Waals surface area (Å²) in [4.78, 5) is 7.32. The lowest BCUT2D eigenvalue weighted by atomic mass is 10.1. The Labute approximate surface area is 99.3 Å². The summed E-state index contributed by atoms with van der Waals surface area (Å²) in [5, 5.41) is 9.48. The Morgan fingerprint density at radius 1 is 1.41 bits per heavy atom. The van der Waals surface area contributed by atoms with Crippen molar-refractivity contribution in [1.82, 2.24) is 14.3 Å². The normalized spacial score (nSPS) is 22.5. The van der Waals surface area contributed by atoms with Gasteiger partial charge in [-0.3, -0.25) is 0 Å². The van der Waals surface area contributed by atoms with Crippen LogP contribution >= 0.6 is 0 Å². The van der Waals surface area contributed by atoms with Crippen LogP contribution in [0.2, 0.25) is 0 Å². The number of sulfonamides is 1. The highest BCUT2D eigenvalue weighted by atomic mass is 32.2. The van der Waals surface area contributed by atoms with Gasteiger partial charge in [0, 0.05) is 13.1 Å². The Balaban J connectivity index is 2.26. The second-order valence-electron chi connectivity index (χ2n) is 3.94. The van der Waals surface area contributed by atoms with Gasteiger partial charge in [0.1, 0.15) is 4.90 Å². The first-order valence-corrected chi connectivity index (χ1v) is 6.70. The third-order valence-corrected chi connectivity index (χ3v) is 4.46. The van der Waals surface area contributed by atoms with Crippen LogP contribution < -0.4 is 5.73 Å². The number of nitrogen functional groups attached to an aromatic ring is 1. The number of nitrogens with zero attached hydrogens (tertiary/aromatic N) is 3. The summed E-state index contributed by atoms with van der Waals surface area (Å²) in [5.74, 6) is 0.0302. The number of hydrogen-bond donors (Lipinski definition) is 2. The van der Waals surface area contributed by atoms with Crippen LogP contribution in [-0.2, 0) is 10.0 Å². The van der Waals surface area contributed by atoms with Crippen molar-refractivity contribution < 1.29 is 13.5 Å². The van der Waals surface area contributed by atoms with Crippen LogP contribution in [0.15, 0.2) is 17.3 Å². The van der Waals surface area contributed by atoms with Crippen molar-refractivity contribution in [1.29, 1.82) is 0 Å². The zero-order valence-corrected chi connectivity index (χ0v) is 9.97. The SMILES string of the molecule is Nc1ncc(S(=O)(=O)N2CCCC(O)C2)cn1. The molecule has 1 aromatic rings. The summed E-state index contributed by atoms with van der Waals surface area (Å²) in [6.07, 6.45) is 3.03. The van der Waals surface area contributed by atoms with Crippen LogP contribution in [0.4, 0.5) is 5.95 Å². The fourth-order valence-electron chi connectivity index (χ4n) is 1.75. The second kappa shape index (κ2) is 4.55. The van der Waals surface area contributed by atoms with Gasteiger partial charge >= 0.3 is 0 Å². The van der Waals surface area contributed by atoms with Gasteiger partial charge in [-0.25, -0.2) is 18.4 Å². The fourth-order valence-corrected chi connectivity index (χ4v) is 3.16. The highest BCUT2D eigenvalue weighted by molar-refractivity contribution is 7.89. The largest absolute Gasteiger partial charge is 0.392 e. The van der Waals surface area contributed by atoms with Crippen molar-refractivity contribution in [2.45, 2.75) is 23.8 Å². The Kier molecular flexibility index (Phi) is 3.27. The molecule has 0 spiro atoms. The number of hydrogen-bond acceptors (Lipinski definition) is 6. The number of nitrogens with two attached hydrogens (primary N) is 1. The minimum atomic E-state index is -3.62. The summed E-state index contributed by atoms with van der Waals surface area (Å²) >= 11 is 0. The third kappa shape index (κ3) is 2.54. The second-order valence-corrected chi connectivity index (χ2v) is 5.87. The average Bonchev–Trinajstić information content (AvgIpc) is 2.29. The zero-order valence-electron chi connectivity index (χ0n) is 9.15. The predicted octanol–water partition coefficient (Wildman–Crippen LogP) is -0.796. The number of β-amino-alcohol motifs (C(OH)–C–C–N with tert-alkyl or cyclic N) is 1. The van der Waals surface area contributed by atoms with Crippen LogP contribution in [0.25, 0.3) is 0 Å². The van der Waals surface area contributed by atoms with E-state index in [-0.39, 0.29) is 17.4 Å². The van der Waals surface area contributed by atoms with E-state index in [4.69, 9.17) is 5.73 Å². The maximum atomic E-state index is 12.1. The molecule has 1 atom stereocenters. The molecule has 7 nitrogen and oxygen atoms in total. The third-order valence-electron chi connectivity index (χ3n) is 2.65. The molecule has 0 radical (unpaired) electrons. The molecule has 3 N–H and O–H groups in total. The quantitative estimate of drug-likeness (QED) is 0.719. The van der Waals surface area contributed by atoms with E-state index in [9.17, 15) is 13.5 Å². The Morgan fingerprint density at radius 2 is 2.06 bits per heavy atom. The maximum Gasteiger partial charge on any atom is 0.246 e. The first-order valence-electron chi connectivity index (χ1n) is 5.26. The molecule has 94 valence electrons. The smallest absolute Gasteiger partial charge is 0.246 e. The molecular weight excluding hydrogens is 244 g/mol. The highest BCUT2D eigenvalue weighted by Gasteiger charge is 2.29. The molecular formula is C9H14N4O3S. The van der Waals surface area contributed by atoms with E-state index in [0.717, 1.165) is 0 Å². The minimum absolute atomic E-state index is 0.000741. The molecule has 1 aliphatic rings. The van der Waals surface area contributed by atoms with Crippen molar-refractivity contribution >= 4 is 16.0 Å². The number of aromatic nitrogens is 2. The molecule has 0 aromatic carbocycles. The lowest BCUT2D eigenvalue weighted by molar-refractivity contribution is 0.108. The number of anilines is 1. The highest BCUT2D eigenvalue weighted by Crippen LogP contribution is 2.19. The summed E-state index contributed by atoms with van der Waals surface area (Å²) in [5.41, 5.74) is 5.30. The van der Waals surface area contributed by atoms with Crippen LogP contribution in [0, 0.1) is 0 Å². The van der Waals surface area contributed by atoms with E-state index >= 15 is 0 Å². The van der Waals surface area contributed by atoms with Crippen LogP contribution in [0.5, 0.6) is 0 Å². The first-order chi connectivity index (χ1) is 8.00. The minimum Gasteiger partial charge on any atom is -0.392 e. The molecule has 17 heavy (non-hydrogen) atoms. The van der Waals surface area contributed by atoms with Crippen LogP contribution in [-0.4, -0.2) is 47.0 Å². The van der Waals surface area contributed by atoms with Crippen molar-refractivity contribution in [3.63, 3.8) is 0 Å². The number of aliphatic hydroxyl groups excluding tert-OH is 1. The van der Waals surface area contributed by atoms with Gasteiger partial charge < -0.3 is 10.8 Å². The number of rotatable bonds is 2. The average molecular weight is 258 g/mol. The lowest BCUT2D eigenvalue weighted by Gasteiger charge is -2.28. The van der Waals surface area contributed by atoms with Gasteiger partial charge in [0.25, 0.3) is 0 Å². The van der Waals surface area contributed by atoms with Gasteiger partial charge in [-0.05, 0) is 12.8 Å². The monoisotopic (exact) mass is 258 g/mol. The van der Waals surface area contributed by atoms with Gasteiger partial charge in [0.2, 0.25) is 16.0 Å². The van der Waals surface area contributed by atoms with Gasteiger partial charge in [-0.15, -0.1) is 0 Å². The molecule has 2 heterocycles. The van der Waals surface area contributed by atoms with E-state index in [1.54, 1.807) is 0 Å². The predicted molar refractivity (Wildman–Crippen MR) is 60.4 cm³/mol. The van der Waals surface area contributed by atoms with Crippen molar-refractivity contribution in [3.8, 4) is 0 Å². The van der Waals surface area contributed by atoms with Gasteiger partial charge in [0.15, 0.2) is 0 Å². The topological polar surface area (TPSA) is 109 Å². The Morgan fingerprint density at radius 3 is 2.65 bits per heavy atom. The van der Waals surface area contributed by atoms with Gasteiger partial charge in [0.05, 0.1) is 18.5 Å². The molecule has 1 saturated heterocycles. The molecule has 0 aliphatic carbocycles. The van der Waals surface area contributed by atoms with E-state index in [2.05, 4.69) is 9.97 Å². The molecule has 8 heteroatoms. The van der Waals surface area contributed by atoms with Crippen molar-refractivity contribution in [2.24, 2.45) is 0 Å². The molecule has 2 rings (SSSR count). The number of piperidine rings is 1. The zero-order chi connectivity index (χ0) is 12.5. The summed E-state index contributed by atoms with van der Waals surface area (Å²) in [6, 6.07) is 0. The van der Waals surface area contributed by atoms with Crippen molar-refractivity contribution in [3.05, 3.63) is 12.4 Å². The number of aliphatic hydroxyl groups is 1. The standard InChI is InChI=1S/C9H14N4O3S/c10-9-11-4-8(5-12-9)17(15,16)13-3-1-2-7(14)6-13/h4-5,7,14H,1-3,6H2,(H2,10,11,12). The fraction of sp³-hybridized carbons (Fsp3) is 0.556. The molecule has 0 saturated carbocycles. The lowest BCUT2D eigenvalue weighted by Crippen LogP contribution is -2.42. The van der Waals surface area contributed by atoms with E-state index in [0.29, 0.717) is 19.4 Å². The Bertz CT molecular complexity index is 487. The Hall–Kier alpha value is -1.25. The molecule has 0 bridgehead atoms. The van der Waals surface area contributed by atoms with Gasteiger partial charge in [-0.1, -0.05) is 0 Å². The van der Waals surface area contributed by atoms with E-state index < -0.39 is 16.1 Å². The molecule has 1 fully saturated rings. The van der Waals surface area contributed by atoms with E-state index in [1.807, 2.05) is 0 Å².